The molecule has 4 heteroatoms. The zero-order chi connectivity index (χ0) is 40.7. The van der Waals surface area contributed by atoms with Gasteiger partial charge in [0.05, 0.1) is 28.1 Å². The molecule has 4 nitrogen and oxygen atoms in total. The lowest BCUT2D eigenvalue weighted by Crippen LogP contribution is -2.14. The summed E-state index contributed by atoms with van der Waals surface area (Å²) in [6, 6.07) is 78.0. The number of aromatic nitrogens is 1. The molecule has 0 spiro atoms. The van der Waals surface area contributed by atoms with Gasteiger partial charge in [-0.25, -0.2) is 0 Å². The fourth-order valence-corrected chi connectivity index (χ4v) is 9.83. The Hall–Kier alpha value is -8.34. The van der Waals surface area contributed by atoms with Gasteiger partial charge in [0.1, 0.15) is 22.3 Å². The molecule has 10 aromatic carbocycles. The molecule has 0 amide bonds. The number of para-hydroxylation sites is 7. The van der Waals surface area contributed by atoms with Gasteiger partial charge >= 0.3 is 0 Å². The van der Waals surface area contributed by atoms with Crippen molar-refractivity contribution >= 4 is 93.5 Å². The number of hydrogen-bond acceptors (Lipinski definition) is 3. The quantitative estimate of drug-likeness (QED) is 0.168. The third-order valence-corrected chi connectivity index (χ3v) is 12.6. The minimum Gasteiger partial charge on any atom is -0.456 e. The molecule has 0 N–H and O–H groups in total. The molecule has 13 rings (SSSR count). The zero-order valence-electron chi connectivity index (χ0n) is 33.5. The summed E-state index contributed by atoms with van der Waals surface area (Å²) >= 11 is 0. The Balaban J connectivity index is 1.06. The largest absolute Gasteiger partial charge is 0.456 e. The highest BCUT2D eigenvalue weighted by molar-refractivity contribution is 6.17. The molecular formula is C58H36N2O2. The van der Waals surface area contributed by atoms with Crippen molar-refractivity contribution in [1.29, 1.82) is 0 Å². The van der Waals surface area contributed by atoms with Gasteiger partial charge in [-0.3, -0.25) is 0 Å². The maximum absolute atomic E-state index is 6.62. The number of rotatable bonds is 6. The Kier molecular flexibility index (Phi) is 7.57. The smallest absolute Gasteiger partial charge is 0.143 e. The van der Waals surface area contributed by atoms with Crippen molar-refractivity contribution in [3.8, 4) is 27.9 Å². The van der Waals surface area contributed by atoms with Gasteiger partial charge in [0, 0.05) is 49.1 Å². The summed E-state index contributed by atoms with van der Waals surface area (Å²) in [5, 5.41) is 9.24. The second kappa shape index (κ2) is 13.6. The number of fused-ring (bicyclic) bond motifs is 10. The Morgan fingerprint density at radius 3 is 1.74 bits per heavy atom. The molecule has 0 aliphatic rings. The summed E-state index contributed by atoms with van der Waals surface area (Å²) < 4.78 is 15.5. The van der Waals surface area contributed by atoms with Crippen LogP contribution in [0.2, 0.25) is 0 Å². The van der Waals surface area contributed by atoms with Gasteiger partial charge in [0.15, 0.2) is 0 Å². The SMILES string of the molecule is c1ccc(N(c2ccc(-c3cccc4c3oc3ccccc34)cc2)c2ccccc2-n2c3ccccc3c3ccccc32)c(-c2cccc3oc4cc5ccccc5cc4c23)c1. The van der Waals surface area contributed by atoms with Crippen LogP contribution >= 0.6 is 0 Å². The van der Waals surface area contributed by atoms with Crippen LogP contribution in [0.1, 0.15) is 0 Å². The Morgan fingerprint density at radius 1 is 0.355 bits per heavy atom. The monoisotopic (exact) mass is 792 g/mol. The van der Waals surface area contributed by atoms with E-state index in [2.05, 4.69) is 216 Å². The van der Waals surface area contributed by atoms with Crippen LogP contribution in [0, 0.1) is 0 Å². The van der Waals surface area contributed by atoms with E-state index in [0.717, 1.165) is 105 Å². The highest BCUT2D eigenvalue weighted by Gasteiger charge is 2.24. The summed E-state index contributed by atoms with van der Waals surface area (Å²) in [5.41, 5.74) is 14.4. The van der Waals surface area contributed by atoms with Crippen molar-refractivity contribution in [2.75, 3.05) is 4.90 Å². The van der Waals surface area contributed by atoms with Crippen molar-refractivity contribution in [1.82, 2.24) is 4.57 Å². The Labute approximate surface area is 356 Å². The fourth-order valence-electron chi connectivity index (χ4n) is 9.83. The van der Waals surface area contributed by atoms with Gasteiger partial charge in [-0.2, -0.15) is 0 Å². The topological polar surface area (TPSA) is 34.5 Å². The Bertz CT molecular complexity index is 3830. The standard InChI is InChI=1S/C58H36N2O2/c1-2-16-39-36-56-48(35-38(39)15-1)57-46(22-14-30-55(57)61-56)44-19-5-7-24-49(44)59(40-33-31-37(32-34-40)41-21-13-23-47-45-20-6-12-29-54(45)62-58(41)47)52-27-10-11-28-53(52)60-50-25-8-3-17-42(50)43-18-4-9-26-51(43)60/h1-36H. The summed E-state index contributed by atoms with van der Waals surface area (Å²) in [7, 11) is 0. The van der Waals surface area contributed by atoms with Crippen LogP contribution in [0.15, 0.2) is 227 Å². The van der Waals surface area contributed by atoms with Crippen LogP contribution in [0.5, 0.6) is 0 Å². The minimum atomic E-state index is 0.865. The van der Waals surface area contributed by atoms with Crippen molar-refractivity contribution < 1.29 is 8.83 Å². The van der Waals surface area contributed by atoms with E-state index in [4.69, 9.17) is 8.83 Å². The Morgan fingerprint density at radius 2 is 0.935 bits per heavy atom. The van der Waals surface area contributed by atoms with E-state index in [0.29, 0.717) is 0 Å². The lowest BCUT2D eigenvalue weighted by atomic mass is 9.96. The normalized spacial score (nSPS) is 11.9. The van der Waals surface area contributed by atoms with Crippen molar-refractivity contribution in [3.05, 3.63) is 218 Å². The molecule has 290 valence electrons. The molecule has 0 bridgehead atoms. The van der Waals surface area contributed by atoms with E-state index in [-0.39, 0.29) is 0 Å². The predicted molar refractivity (Wildman–Crippen MR) is 258 cm³/mol. The van der Waals surface area contributed by atoms with Gasteiger partial charge in [0.2, 0.25) is 0 Å². The molecule has 0 saturated carbocycles. The van der Waals surface area contributed by atoms with Crippen LogP contribution in [-0.2, 0) is 0 Å². The van der Waals surface area contributed by atoms with Crippen LogP contribution in [0.3, 0.4) is 0 Å². The molecule has 0 aliphatic heterocycles. The number of nitrogens with zero attached hydrogens (tertiary/aromatic N) is 2. The lowest BCUT2D eigenvalue weighted by molar-refractivity contribution is 0.669. The van der Waals surface area contributed by atoms with E-state index >= 15 is 0 Å². The molecule has 0 radical (unpaired) electrons. The number of furan rings is 2. The van der Waals surface area contributed by atoms with Gasteiger partial charge in [-0.15, -0.1) is 0 Å². The molecule has 0 saturated heterocycles. The maximum atomic E-state index is 6.62. The maximum Gasteiger partial charge on any atom is 0.143 e. The van der Waals surface area contributed by atoms with Crippen LogP contribution in [-0.4, -0.2) is 4.57 Å². The molecule has 0 atom stereocenters. The average molecular weight is 793 g/mol. The van der Waals surface area contributed by atoms with Gasteiger partial charge < -0.3 is 18.3 Å². The average Bonchev–Trinajstić information content (AvgIpc) is 4.01. The molecule has 0 fully saturated rings. The van der Waals surface area contributed by atoms with Crippen molar-refractivity contribution in [2.45, 2.75) is 0 Å². The number of hydrogen-bond donors (Lipinski definition) is 0. The van der Waals surface area contributed by atoms with Crippen LogP contribution in [0.25, 0.3) is 104 Å². The summed E-state index contributed by atoms with van der Waals surface area (Å²) in [6.45, 7) is 0. The predicted octanol–water partition coefficient (Wildman–Crippen LogP) is 16.5. The third-order valence-electron chi connectivity index (χ3n) is 12.6. The first kappa shape index (κ1) is 34.5. The number of anilines is 3. The van der Waals surface area contributed by atoms with Crippen molar-refractivity contribution in [2.24, 2.45) is 0 Å². The minimum absolute atomic E-state index is 0.865. The van der Waals surface area contributed by atoms with E-state index in [1.165, 1.54) is 16.2 Å². The molecule has 0 aliphatic carbocycles. The summed E-state index contributed by atoms with van der Waals surface area (Å²) in [5.74, 6) is 0. The number of benzene rings is 10. The third kappa shape index (κ3) is 5.20. The highest BCUT2D eigenvalue weighted by Crippen LogP contribution is 2.48. The van der Waals surface area contributed by atoms with Gasteiger partial charge in [0.25, 0.3) is 0 Å². The molecule has 0 unspecified atom stereocenters. The summed E-state index contributed by atoms with van der Waals surface area (Å²) in [6.07, 6.45) is 0. The lowest BCUT2D eigenvalue weighted by Gasteiger charge is -2.30. The molecular weight excluding hydrogens is 757 g/mol. The van der Waals surface area contributed by atoms with E-state index < -0.39 is 0 Å². The molecule has 62 heavy (non-hydrogen) atoms. The molecule has 13 aromatic rings. The summed E-state index contributed by atoms with van der Waals surface area (Å²) in [4.78, 5) is 2.43. The molecule has 3 heterocycles. The first-order valence-corrected chi connectivity index (χ1v) is 21.1. The van der Waals surface area contributed by atoms with E-state index in [9.17, 15) is 0 Å². The molecule has 3 aromatic heterocycles. The van der Waals surface area contributed by atoms with Crippen LogP contribution < -0.4 is 4.90 Å². The second-order valence-corrected chi connectivity index (χ2v) is 16.0. The zero-order valence-corrected chi connectivity index (χ0v) is 33.5. The fraction of sp³-hybridized carbons (Fsp3) is 0. The van der Waals surface area contributed by atoms with Gasteiger partial charge in [-0.05, 0) is 88.6 Å². The first-order chi connectivity index (χ1) is 30.8. The van der Waals surface area contributed by atoms with Gasteiger partial charge in [-0.1, -0.05) is 152 Å². The van der Waals surface area contributed by atoms with Crippen LogP contribution in [0.4, 0.5) is 17.1 Å². The second-order valence-electron chi connectivity index (χ2n) is 16.0. The van der Waals surface area contributed by atoms with Crippen molar-refractivity contribution in [3.63, 3.8) is 0 Å². The highest BCUT2D eigenvalue weighted by atomic mass is 16.3. The first-order valence-electron chi connectivity index (χ1n) is 21.1. The van der Waals surface area contributed by atoms with E-state index in [1.54, 1.807) is 0 Å². The van der Waals surface area contributed by atoms with E-state index in [1.807, 2.05) is 12.1 Å².